The van der Waals surface area contributed by atoms with Gasteiger partial charge in [0.25, 0.3) is 0 Å². The number of fused-ring (bicyclic) bond motifs is 6. The molecule has 1 spiro atoms. The first-order valence-corrected chi connectivity index (χ1v) is 16.9. The van der Waals surface area contributed by atoms with Crippen molar-refractivity contribution < 1.29 is 14.3 Å². The van der Waals surface area contributed by atoms with Crippen LogP contribution in [0, 0.1) is 40.9 Å². The van der Waals surface area contributed by atoms with E-state index in [2.05, 4.69) is 39.5 Å². The van der Waals surface area contributed by atoms with Crippen molar-refractivity contribution in [3.8, 4) is 0 Å². The number of allylic oxidation sites excluding steroid dienone is 1. The third-order valence-electron chi connectivity index (χ3n) is 13.3. The fraction of sp³-hybridized carbons (Fsp3) is 0.886. The number of nitrogens with zero attached hydrogens (tertiary/aromatic N) is 2. The lowest BCUT2D eigenvalue weighted by molar-refractivity contribution is -0.131. The number of Topliss-reactive ketones (excluding diaryl/α,β-unsaturated/α-hetero) is 1. The molecule has 0 unspecified atom stereocenters. The Bertz CT molecular complexity index is 1040. The number of carbonyl (C=O) groups is 2. The van der Waals surface area contributed by atoms with E-state index < -0.39 is 0 Å². The van der Waals surface area contributed by atoms with Crippen LogP contribution in [0.4, 0.5) is 0 Å². The number of piperidine rings is 1. The molecule has 5 heteroatoms. The number of likely N-dealkylation sites (N-methyl/N-ethyl adjacent to an activating group) is 1. The molecule has 0 N–H and O–H groups in total. The zero-order valence-corrected chi connectivity index (χ0v) is 26.3. The van der Waals surface area contributed by atoms with E-state index in [1.165, 1.54) is 38.5 Å². The van der Waals surface area contributed by atoms with Crippen LogP contribution in [0.1, 0.15) is 112 Å². The molecule has 1 amide bonds. The van der Waals surface area contributed by atoms with Crippen LogP contribution < -0.4 is 0 Å². The Balaban J connectivity index is 1.20. The SMILES string of the molecule is CCCC(=O)N(C)CCN1C[C@@H](C)C[C@H]2O[C@]3(CC[C@@H]4C(=C(C)C3)C[C@H]3[C@H]4CC[C@@H]4CC(=O)CC[C@@]43C)[C@H](C)[C@@H]21. The molecule has 40 heavy (non-hydrogen) atoms. The smallest absolute Gasteiger partial charge is 0.222 e. The number of likely N-dealkylation sites (tertiary alicyclic amines) is 1. The van der Waals surface area contributed by atoms with Crippen molar-refractivity contribution in [3.63, 3.8) is 0 Å². The molecule has 0 aromatic rings. The Kier molecular flexibility index (Phi) is 7.81. The first kappa shape index (κ1) is 28.9. The predicted octanol–water partition coefficient (Wildman–Crippen LogP) is 6.65. The molecule has 224 valence electrons. The van der Waals surface area contributed by atoms with E-state index in [9.17, 15) is 9.59 Å². The summed E-state index contributed by atoms with van der Waals surface area (Å²) in [6.45, 7) is 14.9. The van der Waals surface area contributed by atoms with Crippen LogP contribution in [0.5, 0.6) is 0 Å². The first-order valence-electron chi connectivity index (χ1n) is 16.9. The van der Waals surface area contributed by atoms with Gasteiger partial charge in [-0.05, 0) is 99.7 Å². The number of carbonyl (C=O) groups excluding carboxylic acids is 2. The zero-order chi connectivity index (χ0) is 28.4. The Morgan fingerprint density at radius 2 is 1.95 bits per heavy atom. The van der Waals surface area contributed by atoms with Gasteiger partial charge in [-0.2, -0.15) is 0 Å². The average molecular weight is 553 g/mol. The molecule has 5 fully saturated rings. The Morgan fingerprint density at radius 1 is 1.15 bits per heavy atom. The summed E-state index contributed by atoms with van der Waals surface area (Å²) in [6, 6.07) is 0.462. The molecule has 0 radical (unpaired) electrons. The lowest BCUT2D eigenvalue weighted by Crippen LogP contribution is -2.53. The van der Waals surface area contributed by atoms with Gasteiger partial charge in [0.05, 0.1) is 11.7 Å². The summed E-state index contributed by atoms with van der Waals surface area (Å²) in [5, 5.41) is 0. The van der Waals surface area contributed by atoms with E-state index in [0.29, 0.717) is 47.5 Å². The maximum Gasteiger partial charge on any atom is 0.222 e. The van der Waals surface area contributed by atoms with Crippen molar-refractivity contribution in [2.45, 2.75) is 129 Å². The summed E-state index contributed by atoms with van der Waals surface area (Å²) in [5.41, 5.74) is 3.75. The van der Waals surface area contributed by atoms with E-state index in [-0.39, 0.29) is 11.5 Å². The van der Waals surface area contributed by atoms with Gasteiger partial charge in [0, 0.05) is 57.9 Å². The highest BCUT2D eigenvalue weighted by Crippen LogP contribution is 2.65. The monoisotopic (exact) mass is 552 g/mol. The summed E-state index contributed by atoms with van der Waals surface area (Å²) in [7, 11) is 1.98. The highest BCUT2D eigenvalue weighted by Gasteiger charge is 2.60. The molecule has 10 atom stereocenters. The van der Waals surface area contributed by atoms with Crippen molar-refractivity contribution in [1.82, 2.24) is 9.80 Å². The number of hydrogen-bond donors (Lipinski definition) is 0. The van der Waals surface area contributed by atoms with E-state index in [4.69, 9.17) is 4.74 Å². The quantitative estimate of drug-likeness (QED) is 0.358. The van der Waals surface area contributed by atoms with Crippen LogP contribution in [0.15, 0.2) is 11.1 Å². The van der Waals surface area contributed by atoms with Crippen LogP contribution in [-0.2, 0) is 14.3 Å². The predicted molar refractivity (Wildman–Crippen MR) is 160 cm³/mol. The lowest BCUT2D eigenvalue weighted by atomic mass is 9.52. The van der Waals surface area contributed by atoms with E-state index in [1.807, 2.05) is 11.9 Å². The van der Waals surface area contributed by atoms with Crippen LogP contribution >= 0.6 is 0 Å². The van der Waals surface area contributed by atoms with Gasteiger partial charge in [0.1, 0.15) is 5.78 Å². The highest BCUT2D eigenvalue weighted by molar-refractivity contribution is 5.79. The zero-order valence-electron chi connectivity index (χ0n) is 26.3. The standard InChI is InChI=1S/C35H56N2O3/c1-7-8-32(39)36(6)15-16-37-21-22(2)17-31-33(37)24(4)35(40-31)14-12-27-28-10-9-25-18-26(38)11-13-34(25,5)30(28)19-29(27)23(3)20-35/h22,24-25,27-28,30-31,33H,7-21H2,1-6H3/t22-,24+,25+,27-,28-,30-,31+,33-,34-,35-/m0/s1. The van der Waals surface area contributed by atoms with Gasteiger partial charge in [-0.1, -0.05) is 38.8 Å². The molecular formula is C35H56N2O3. The molecule has 6 rings (SSSR count). The molecule has 0 aromatic heterocycles. The van der Waals surface area contributed by atoms with Crippen LogP contribution in [0.2, 0.25) is 0 Å². The van der Waals surface area contributed by atoms with Gasteiger partial charge in [-0.15, -0.1) is 0 Å². The van der Waals surface area contributed by atoms with Gasteiger partial charge in [-0.3, -0.25) is 14.5 Å². The summed E-state index contributed by atoms with van der Waals surface area (Å²) in [4.78, 5) is 29.4. The van der Waals surface area contributed by atoms with Gasteiger partial charge in [-0.25, -0.2) is 0 Å². The normalized spacial score (nSPS) is 45.1. The number of hydrogen-bond acceptors (Lipinski definition) is 4. The van der Waals surface area contributed by atoms with Crippen LogP contribution in [0.3, 0.4) is 0 Å². The number of rotatable bonds is 5. The third-order valence-corrected chi connectivity index (χ3v) is 13.3. The minimum atomic E-state index is -0.0448. The number of ketones is 1. The fourth-order valence-corrected chi connectivity index (χ4v) is 11.1. The molecule has 5 nitrogen and oxygen atoms in total. The second kappa shape index (κ2) is 10.8. The molecule has 4 aliphatic carbocycles. The topological polar surface area (TPSA) is 49.9 Å². The molecule has 2 heterocycles. The minimum absolute atomic E-state index is 0.0448. The second-order valence-corrected chi connectivity index (χ2v) is 15.5. The molecule has 2 aliphatic heterocycles. The Labute approximate surface area is 243 Å². The van der Waals surface area contributed by atoms with Crippen molar-refractivity contribution in [1.29, 1.82) is 0 Å². The second-order valence-electron chi connectivity index (χ2n) is 15.5. The lowest BCUT2D eigenvalue weighted by Gasteiger charge is -2.52. The van der Waals surface area contributed by atoms with Gasteiger partial charge in [0.2, 0.25) is 5.91 Å². The first-order chi connectivity index (χ1) is 19.1. The van der Waals surface area contributed by atoms with Crippen molar-refractivity contribution in [3.05, 3.63) is 11.1 Å². The Morgan fingerprint density at radius 3 is 2.73 bits per heavy atom. The van der Waals surface area contributed by atoms with Crippen molar-refractivity contribution in [2.75, 3.05) is 26.7 Å². The average Bonchev–Trinajstić information content (AvgIpc) is 3.37. The molecule has 0 aromatic carbocycles. The van der Waals surface area contributed by atoms with Crippen LogP contribution in [-0.4, -0.2) is 65.9 Å². The minimum Gasteiger partial charge on any atom is -0.369 e. The van der Waals surface area contributed by atoms with Gasteiger partial charge < -0.3 is 9.64 Å². The largest absolute Gasteiger partial charge is 0.369 e. The summed E-state index contributed by atoms with van der Waals surface area (Å²) >= 11 is 0. The molecule has 2 saturated heterocycles. The molecule has 0 bridgehead atoms. The van der Waals surface area contributed by atoms with E-state index in [0.717, 1.165) is 69.5 Å². The molecule has 6 aliphatic rings. The number of ether oxygens (including phenoxy) is 1. The third kappa shape index (κ3) is 4.74. The van der Waals surface area contributed by atoms with Crippen molar-refractivity contribution >= 4 is 11.7 Å². The fourth-order valence-electron chi connectivity index (χ4n) is 11.1. The summed E-state index contributed by atoms with van der Waals surface area (Å²) in [6.07, 6.45) is 13.3. The maximum absolute atomic E-state index is 12.5. The Hall–Kier alpha value is -1.20. The van der Waals surface area contributed by atoms with Crippen molar-refractivity contribution in [2.24, 2.45) is 40.9 Å². The van der Waals surface area contributed by atoms with Gasteiger partial charge in [0.15, 0.2) is 0 Å². The van der Waals surface area contributed by atoms with E-state index in [1.54, 1.807) is 11.1 Å². The summed E-state index contributed by atoms with van der Waals surface area (Å²) in [5.74, 6) is 4.85. The number of amides is 1. The maximum atomic E-state index is 12.5. The highest BCUT2D eigenvalue weighted by atomic mass is 16.5. The van der Waals surface area contributed by atoms with E-state index >= 15 is 0 Å². The van der Waals surface area contributed by atoms with Gasteiger partial charge >= 0.3 is 0 Å². The molecule has 3 saturated carbocycles. The van der Waals surface area contributed by atoms with Crippen LogP contribution in [0.25, 0.3) is 0 Å². The summed E-state index contributed by atoms with van der Waals surface area (Å²) < 4.78 is 7.27. The molecular weight excluding hydrogens is 496 g/mol.